The lowest BCUT2D eigenvalue weighted by Crippen LogP contribution is -2.10. The Morgan fingerprint density at radius 3 is 2.75 bits per heavy atom. The maximum absolute atomic E-state index is 13.8. The molecule has 0 fully saturated rings. The van der Waals surface area contributed by atoms with Crippen molar-refractivity contribution in [2.75, 3.05) is 0 Å². The smallest absolute Gasteiger partial charge is 0.165 e. The van der Waals surface area contributed by atoms with E-state index in [9.17, 15) is 4.39 Å². The van der Waals surface area contributed by atoms with Crippen LogP contribution in [-0.2, 0) is 20.1 Å². The van der Waals surface area contributed by atoms with Gasteiger partial charge in [0.05, 0.1) is 11.4 Å². The van der Waals surface area contributed by atoms with Gasteiger partial charge in [-0.2, -0.15) is 5.10 Å². The van der Waals surface area contributed by atoms with Crippen molar-refractivity contribution in [3.05, 3.63) is 47.0 Å². The van der Waals surface area contributed by atoms with Crippen molar-refractivity contribution in [1.29, 1.82) is 0 Å². The first-order valence-corrected chi connectivity index (χ1v) is 6.66. The van der Waals surface area contributed by atoms with Crippen LogP contribution >= 0.6 is 12.2 Å². The molecule has 1 heterocycles. The van der Waals surface area contributed by atoms with E-state index in [4.69, 9.17) is 22.7 Å². The summed E-state index contributed by atoms with van der Waals surface area (Å²) in [7, 11) is 1.84. The standard InChI is InChI=1S/C14H16FN3OS/c1-3-10-7-11(18(2)17-10)8-19-13-5-4-9(14(16)20)6-12(13)15/h4-7H,3,8H2,1-2H3,(H2,16,20). The van der Waals surface area contributed by atoms with Crippen molar-refractivity contribution in [3.8, 4) is 5.75 Å². The Kier molecular flexibility index (Phi) is 4.34. The molecule has 0 spiro atoms. The zero-order chi connectivity index (χ0) is 14.7. The van der Waals surface area contributed by atoms with Crippen LogP contribution in [0.1, 0.15) is 23.9 Å². The molecule has 0 radical (unpaired) electrons. The third-order valence-corrected chi connectivity index (χ3v) is 3.22. The fourth-order valence-electron chi connectivity index (χ4n) is 1.80. The Balaban J connectivity index is 2.10. The lowest BCUT2D eigenvalue weighted by Gasteiger charge is -2.08. The molecular formula is C14H16FN3OS. The molecule has 106 valence electrons. The number of nitrogens with two attached hydrogens (primary N) is 1. The molecule has 0 bridgehead atoms. The van der Waals surface area contributed by atoms with Gasteiger partial charge in [0.2, 0.25) is 0 Å². The first-order valence-electron chi connectivity index (χ1n) is 6.25. The van der Waals surface area contributed by atoms with Gasteiger partial charge in [0.25, 0.3) is 0 Å². The first-order chi connectivity index (χ1) is 9.51. The van der Waals surface area contributed by atoms with E-state index in [1.165, 1.54) is 12.1 Å². The summed E-state index contributed by atoms with van der Waals surface area (Å²) < 4.78 is 21.0. The topological polar surface area (TPSA) is 53.1 Å². The number of benzene rings is 1. The first kappa shape index (κ1) is 14.5. The largest absolute Gasteiger partial charge is 0.484 e. The maximum atomic E-state index is 13.8. The van der Waals surface area contributed by atoms with Crippen LogP contribution in [-0.4, -0.2) is 14.8 Å². The summed E-state index contributed by atoms with van der Waals surface area (Å²) in [4.78, 5) is 0.162. The molecule has 0 amide bonds. The van der Waals surface area contributed by atoms with Crippen molar-refractivity contribution >= 4 is 17.2 Å². The van der Waals surface area contributed by atoms with Crippen LogP contribution in [0.15, 0.2) is 24.3 Å². The molecular weight excluding hydrogens is 277 g/mol. The fourth-order valence-corrected chi connectivity index (χ4v) is 1.93. The van der Waals surface area contributed by atoms with Gasteiger partial charge < -0.3 is 10.5 Å². The second-order valence-electron chi connectivity index (χ2n) is 4.40. The van der Waals surface area contributed by atoms with Crippen LogP contribution in [0.25, 0.3) is 0 Å². The van der Waals surface area contributed by atoms with E-state index in [1.54, 1.807) is 10.7 Å². The number of thiocarbonyl (C=S) groups is 1. The molecule has 2 rings (SSSR count). The number of aryl methyl sites for hydroxylation is 2. The Morgan fingerprint density at radius 2 is 2.20 bits per heavy atom. The summed E-state index contributed by atoms with van der Waals surface area (Å²) in [6, 6.07) is 6.39. The van der Waals surface area contributed by atoms with Gasteiger partial charge in [-0.05, 0) is 30.7 Å². The van der Waals surface area contributed by atoms with Gasteiger partial charge in [-0.1, -0.05) is 19.1 Å². The summed E-state index contributed by atoms with van der Waals surface area (Å²) in [6.45, 7) is 2.29. The predicted molar refractivity (Wildman–Crippen MR) is 79.2 cm³/mol. The van der Waals surface area contributed by atoms with Gasteiger partial charge in [0, 0.05) is 12.6 Å². The summed E-state index contributed by atoms with van der Waals surface area (Å²) in [5.41, 5.74) is 7.80. The molecule has 4 nitrogen and oxygen atoms in total. The van der Waals surface area contributed by atoms with E-state index >= 15 is 0 Å². The van der Waals surface area contributed by atoms with Crippen molar-refractivity contribution < 1.29 is 9.13 Å². The van der Waals surface area contributed by atoms with Gasteiger partial charge in [0.15, 0.2) is 11.6 Å². The van der Waals surface area contributed by atoms with E-state index in [0.29, 0.717) is 5.56 Å². The molecule has 2 aromatic rings. The van der Waals surface area contributed by atoms with E-state index in [2.05, 4.69) is 5.10 Å². The quantitative estimate of drug-likeness (QED) is 0.860. The fraction of sp³-hybridized carbons (Fsp3) is 0.286. The van der Waals surface area contributed by atoms with Gasteiger partial charge in [-0.25, -0.2) is 4.39 Å². The highest BCUT2D eigenvalue weighted by atomic mass is 32.1. The highest BCUT2D eigenvalue weighted by molar-refractivity contribution is 7.80. The predicted octanol–water partition coefficient (Wildman–Crippen LogP) is 2.33. The van der Waals surface area contributed by atoms with Crippen molar-refractivity contribution in [2.45, 2.75) is 20.0 Å². The number of hydrogen-bond acceptors (Lipinski definition) is 3. The van der Waals surface area contributed by atoms with Gasteiger partial charge in [0.1, 0.15) is 11.6 Å². The van der Waals surface area contributed by atoms with Crippen LogP contribution in [0, 0.1) is 5.82 Å². The zero-order valence-corrected chi connectivity index (χ0v) is 12.2. The third-order valence-electron chi connectivity index (χ3n) is 2.98. The van der Waals surface area contributed by atoms with E-state index in [0.717, 1.165) is 17.8 Å². The van der Waals surface area contributed by atoms with Crippen molar-refractivity contribution in [3.63, 3.8) is 0 Å². The highest BCUT2D eigenvalue weighted by Crippen LogP contribution is 2.20. The van der Waals surface area contributed by atoms with Crippen LogP contribution in [0.2, 0.25) is 0 Å². The maximum Gasteiger partial charge on any atom is 0.165 e. The summed E-state index contributed by atoms with van der Waals surface area (Å²) >= 11 is 4.80. The van der Waals surface area contributed by atoms with Crippen molar-refractivity contribution in [1.82, 2.24) is 9.78 Å². The molecule has 0 aliphatic rings. The minimum absolute atomic E-state index is 0.162. The molecule has 0 saturated carbocycles. The number of hydrogen-bond donors (Lipinski definition) is 1. The van der Waals surface area contributed by atoms with Crippen LogP contribution < -0.4 is 10.5 Å². The Hall–Kier alpha value is -1.95. The SMILES string of the molecule is CCc1cc(COc2ccc(C(N)=S)cc2F)n(C)n1. The normalized spacial score (nSPS) is 10.6. The molecule has 1 aromatic carbocycles. The highest BCUT2D eigenvalue weighted by Gasteiger charge is 2.09. The Morgan fingerprint density at radius 1 is 1.45 bits per heavy atom. The average Bonchev–Trinajstić information content (AvgIpc) is 2.78. The minimum atomic E-state index is -0.479. The second kappa shape index (κ2) is 6.00. The monoisotopic (exact) mass is 293 g/mol. The lowest BCUT2D eigenvalue weighted by atomic mass is 10.2. The van der Waals surface area contributed by atoms with Gasteiger partial charge in [-0.3, -0.25) is 4.68 Å². The second-order valence-corrected chi connectivity index (χ2v) is 4.84. The number of aromatic nitrogens is 2. The molecule has 1 aromatic heterocycles. The van der Waals surface area contributed by atoms with Crippen LogP contribution in [0.5, 0.6) is 5.75 Å². The molecule has 0 saturated heterocycles. The summed E-state index contributed by atoms with van der Waals surface area (Å²) in [5, 5.41) is 4.31. The van der Waals surface area contributed by atoms with E-state index < -0.39 is 5.82 Å². The summed E-state index contributed by atoms with van der Waals surface area (Å²) in [5.74, 6) is -0.308. The average molecular weight is 293 g/mol. The third kappa shape index (κ3) is 3.14. The molecule has 2 N–H and O–H groups in total. The zero-order valence-electron chi connectivity index (χ0n) is 11.4. The van der Waals surface area contributed by atoms with Crippen LogP contribution in [0.4, 0.5) is 4.39 Å². The van der Waals surface area contributed by atoms with Gasteiger partial charge >= 0.3 is 0 Å². The van der Waals surface area contributed by atoms with E-state index in [1.807, 2.05) is 20.0 Å². The molecule has 0 aliphatic carbocycles. The minimum Gasteiger partial charge on any atom is -0.484 e. The molecule has 20 heavy (non-hydrogen) atoms. The number of ether oxygens (including phenoxy) is 1. The lowest BCUT2D eigenvalue weighted by molar-refractivity contribution is 0.280. The van der Waals surface area contributed by atoms with Crippen molar-refractivity contribution in [2.24, 2.45) is 12.8 Å². The molecule has 0 atom stereocenters. The Bertz CT molecular complexity index is 639. The molecule has 0 unspecified atom stereocenters. The number of nitrogens with zero attached hydrogens (tertiary/aromatic N) is 2. The number of rotatable bonds is 5. The Labute approximate surface area is 122 Å². The molecule has 6 heteroatoms. The van der Waals surface area contributed by atoms with Gasteiger partial charge in [-0.15, -0.1) is 0 Å². The van der Waals surface area contributed by atoms with E-state index in [-0.39, 0.29) is 17.3 Å². The van der Waals surface area contributed by atoms with Crippen LogP contribution in [0.3, 0.4) is 0 Å². The number of halogens is 1. The molecule has 0 aliphatic heterocycles. The summed E-state index contributed by atoms with van der Waals surface area (Å²) in [6.07, 6.45) is 0.852.